The van der Waals surface area contributed by atoms with Crippen molar-refractivity contribution in [2.24, 2.45) is 5.92 Å². The standard InChI is InChI=1S/C19H29N3O4/c1-13-5-8-22(9-6-13)17(23)10-15-18(24)19(25)16(26-15)12-20-11-14-4-2-3-7-21-14/h2-4,7,13,15-16,18-20,24-25H,5-6,8-12H2,1H3. The quantitative estimate of drug-likeness (QED) is 0.673. The van der Waals surface area contributed by atoms with Crippen LogP contribution in [0, 0.1) is 5.92 Å². The Morgan fingerprint density at radius 1 is 1.27 bits per heavy atom. The second kappa shape index (κ2) is 8.90. The van der Waals surface area contributed by atoms with Crippen LogP contribution in [0.4, 0.5) is 0 Å². The van der Waals surface area contributed by atoms with E-state index in [2.05, 4.69) is 17.2 Å². The Bertz CT molecular complexity index is 577. The maximum atomic E-state index is 12.4. The fourth-order valence-corrected chi connectivity index (χ4v) is 3.57. The first-order valence-corrected chi connectivity index (χ1v) is 9.44. The van der Waals surface area contributed by atoms with Crippen molar-refractivity contribution in [3.8, 4) is 0 Å². The molecule has 0 saturated carbocycles. The predicted octanol–water partition coefficient (Wildman–Crippen LogP) is 0.309. The van der Waals surface area contributed by atoms with Crippen LogP contribution < -0.4 is 5.32 Å². The van der Waals surface area contributed by atoms with Gasteiger partial charge in [0.2, 0.25) is 5.91 Å². The second-order valence-electron chi connectivity index (χ2n) is 7.41. The van der Waals surface area contributed by atoms with Crippen LogP contribution in [0.25, 0.3) is 0 Å². The molecule has 144 valence electrons. The highest BCUT2D eigenvalue weighted by atomic mass is 16.5. The molecule has 1 aromatic heterocycles. The van der Waals surface area contributed by atoms with Crippen LogP contribution >= 0.6 is 0 Å². The van der Waals surface area contributed by atoms with Gasteiger partial charge in [0.15, 0.2) is 0 Å². The summed E-state index contributed by atoms with van der Waals surface area (Å²) < 4.78 is 5.78. The number of piperidine rings is 1. The zero-order chi connectivity index (χ0) is 18.5. The van der Waals surface area contributed by atoms with E-state index >= 15 is 0 Å². The molecular formula is C19H29N3O4. The Balaban J connectivity index is 1.45. The van der Waals surface area contributed by atoms with Gasteiger partial charge < -0.3 is 25.2 Å². The van der Waals surface area contributed by atoms with Gasteiger partial charge in [-0.1, -0.05) is 13.0 Å². The molecule has 0 radical (unpaired) electrons. The van der Waals surface area contributed by atoms with Gasteiger partial charge in [-0.05, 0) is 30.9 Å². The third-order valence-electron chi connectivity index (χ3n) is 5.35. The summed E-state index contributed by atoms with van der Waals surface area (Å²) in [4.78, 5) is 18.5. The summed E-state index contributed by atoms with van der Waals surface area (Å²) in [7, 11) is 0. The minimum absolute atomic E-state index is 0.00440. The van der Waals surface area contributed by atoms with Gasteiger partial charge in [-0.2, -0.15) is 0 Å². The number of rotatable bonds is 6. The van der Waals surface area contributed by atoms with Crippen molar-refractivity contribution < 1.29 is 19.7 Å². The third kappa shape index (κ3) is 4.79. The SMILES string of the molecule is CC1CCN(C(=O)CC2OC(CNCc3ccccn3)C(O)C2O)CC1. The number of hydrogen-bond donors (Lipinski definition) is 3. The van der Waals surface area contributed by atoms with E-state index in [1.807, 2.05) is 23.1 Å². The lowest BCUT2D eigenvalue weighted by atomic mass is 9.98. The predicted molar refractivity (Wildman–Crippen MR) is 96.2 cm³/mol. The molecule has 2 aliphatic rings. The van der Waals surface area contributed by atoms with Crippen LogP contribution in [0.2, 0.25) is 0 Å². The number of aliphatic hydroxyl groups excluding tert-OH is 2. The van der Waals surface area contributed by atoms with E-state index in [-0.39, 0.29) is 12.3 Å². The average molecular weight is 363 g/mol. The van der Waals surface area contributed by atoms with Gasteiger partial charge in [-0.3, -0.25) is 9.78 Å². The average Bonchev–Trinajstić information content (AvgIpc) is 2.91. The number of ether oxygens (including phenoxy) is 1. The van der Waals surface area contributed by atoms with Crippen molar-refractivity contribution in [3.63, 3.8) is 0 Å². The van der Waals surface area contributed by atoms with Crippen molar-refractivity contribution in [2.45, 2.75) is 57.1 Å². The number of amides is 1. The molecule has 0 aromatic carbocycles. The summed E-state index contributed by atoms with van der Waals surface area (Å²) in [6.45, 7) is 4.67. The summed E-state index contributed by atoms with van der Waals surface area (Å²) in [5, 5.41) is 23.7. The molecular weight excluding hydrogens is 334 g/mol. The van der Waals surface area contributed by atoms with Crippen molar-refractivity contribution in [2.75, 3.05) is 19.6 Å². The molecule has 1 aromatic rings. The molecule has 2 saturated heterocycles. The van der Waals surface area contributed by atoms with Crippen LogP contribution in [0.1, 0.15) is 31.9 Å². The van der Waals surface area contributed by atoms with Gasteiger partial charge in [0.05, 0.1) is 24.3 Å². The van der Waals surface area contributed by atoms with Gasteiger partial charge in [-0.25, -0.2) is 0 Å². The van der Waals surface area contributed by atoms with Gasteiger partial charge >= 0.3 is 0 Å². The topological polar surface area (TPSA) is 94.9 Å². The lowest BCUT2D eigenvalue weighted by Crippen LogP contribution is -2.41. The summed E-state index contributed by atoms with van der Waals surface area (Å²) in [5.74, 6) is 0.652. The van der Waals surface area contributed by atoms with E-state index in [0.717, 1.165) is 31.6 Å². The Labute approximate surface area is 154 Å². The summed E-state index contributed by atoms with van der Waals surface area (Å²) >= 11 is 0. The van der Waals surface area contributed by atoms with Crippen molar-refractivity contribution in [1.29, 1.82) is 0 Å². The second-order valence-corrected chi connectivity index (χ2v) is 7.41. The molecule has 0 aliphatic carbocycles. The van der Waals surface area contributed by atoms with Crippen LogP contribution in [0.5, 0.6) is 0 Å². The number of carbonyl (C=O) groups is 1. The normalized spacial score (nSPS) is 29.9. The molecule has 4 atom stereocenters. The highest BCUT2D eigenvalue weighted by Crippen LogP contribution is 2.25. The number of nitrogens with zero attached hydrogens (tertiary/aromatic N) is 2. The van der Waals surface area contributed by atoms with E-state index in [1.54, 1.807) is 6.20 Å². The Hall–Kier alpha value is -1.54. The highest BCUT2D eigenvalue weighted by molar-refractivity contribution is 5.77. The Morgan fingerprint density at radius 3 is 2.69 bits per heavy atom. The molecule has 0 bridgehead atoms. The lowest BCUT2D eigenvalue weighted by molar-refractivity contribution is -0.136. The molecule has 0 spiro atoms. The molecule has 3 rings (SSSR count). The van der Waals surface area contributed by atoms with E-state index in [0.29, 0.717) is 19.0 Å². The third-order valence-corrected chi connectivity index (χ3v) is 5.35. The largest absolute Gasteiger partial charge is 0.388 e. The number of nitrogens with one attached hydrogen (secondary N) is 1. The van der Waals surface area contributed by atoms with Gasteiger partial charge in [0.1, 0.15) is 12.2 Å². The minimum Gasteiger partial charge on any atom is -0.388 e. The molecule has 3 heterocycles. The fourth-order valence-electron chi connectivity index (χ4n) is 3.57. The maximum absolute atomic E-state index is 12.4. The van der Waals surface area contributed by atoms with Crippen LogP contribution in [-0.2, 0) is 16.1 Å². The summed E-state index contributed by atoms with van der Waals surface area (Å²) in [6, 6.07) is 5.68. The molecule has 7 nitrogen and oxygen atoms in total. The molecule has 1 amide bonds. The molecule has 4 unspecified atom stereocenters. The zero-order valence-corrected chi connectivity index (χ0v) is 15.3. The van der Waals surface area contributed by atoms with Crippen molar-refractivity contribution in [1.82, 2.24) is 15.2 Å². The fraction of sp³-hybridized carbons (Fsp3) is 0.684. The molecule has 7 heteroatoms. The first-order chi connectivity index (χ1) is 12.5. The molecule has 2 fully saturated rings. The number of carbonyl (C=O) groups excluding carboxylic acids is 1. The first kappa shape index (κ1) is 19.2. The van der Waals surface area contributed by atoms with Gasteiger partial charge in [0, 0.05) is 32.4 Å². The van der Waals surface area contributed by atoms with Gasteiger partial charge in [-0.15, -0.1) is 0 Å². The maximum Gasteiger partial charge on any atom is 0.225 e. The van der Waals surface area contributed by atoms with Crippen LogP contribution in [0.15, 0.2) is 24.4 Å². The molecule has 2 aliphatic heterocycles. The number of aliphatic hydroxyl groups is 2. The monoisotopic (exact) mass is 363 g/mol. The highest BCUT2D eigenvalue weighted by Gasteiger charge is 2.43. The van der Waals surface area contributed by atoms with E-state index in [4.69, 9.17) is 4.74 Å². The Kier molecular flexibility index (Phi) is 6.58. The summed E-state index contributed by atoms with van der Waals surface area (Å²) in [5.41, 5.74) is 0.895. The van der Waals surface area contributed by atoms with Gasteiger partial charge in [0.25, 0.3) is 0 Å². The van der Waals surface area contributed by atoms with Crippen LogP contribution in [0.3, 0.4) is 0 Å². The van der Waals surface area contributed by atoms with Crippen molar-refractivity contribution in [3.05, 3.63) is 30.1 Å². The zero-order valence-electron chi connectivity index (χ0n) is 15.3. The Morgan fingerprint density at radius 2 is 2.00 bits per heavy atom. The number of hydrogen-bond acceptors (Lipinski definition) is 6. The number of likely N-dealkylation sites (tertiary alicyclic amines) is 1. The summed E-state index contributed by atoms with van der Waals surface area (Å²) in [6.07, 6.45) is 0.653. The number of pyridine rings is 1. The molecule has 26 heavy (non-hydrogen) atoms. The number of aromatic nitrogens is 1. The smallest absolute Gasteiger partial charge is 0.225 e. The lowest BCUT2D eigenvalue weighted by Gasteiger charge is -2.31. The van der Waals surface area contributed by atoms with E-state index in [9.17, 15) is 15.0 Å². The van der Waals surface area contributed by atoms with Crippen LogP contribution in [-0.4, -0.2) is 70.1 Å². The van der Waals surface area contributed by atoms with E-state index < -0.39 is 24.4 Å². The van der Waals surface area contributed by atoms with Crippen molar-refractivity contribution >= 4 is 5.91 Å². The molecule has 3 N–H and O–H groups in total. The first-order valence-electron chi connectivity index (χ1n) is 9.44. The minimum atomic E-state index is -1.04. The van der Waals surface area contributed by atoms with E-state index in [1.165, 1.54) is 0 Å².